The Balaban J connectivity index is 1.51. The predicted octanol–water partition coefficient (Wildman–Crippen LogP) is 3.39. The molecule has 142 valence electrons. The van der Waals surface area contributed by atoms with Gasteiger partial charge in [0.05, 0.1) is 16.2 Å². The van der Waals surface area contributed by atoms with Crippen molar-refractivity contribution in [1.29, 1.82) is 0 Å². The number of sulfone groups is 1. The minimum absolute atomic E-state index is 0.301. The number of hydrogen-bond donors (Lipinski definition) is 0. The highest BCUT2D eigenvalue weighted by molar-refractivity contribution is 7.91. The Bertz CT molecular complexity index is 1030. The fourth-order valence-electron chi connectivity index (χ4n) is 3.36. The molecule has 1 fully saturated rings. The fraction of sp³-hybridized carbons (Fsp3) is 0.368. The van der Waals surface area contributed by atoms with E-state index in [2.05, 4.69) is 14.9 Å². The Morgan fingerprint density at radius 3 is 2.93 bits per heavy atom. The van der Waals surface area contributed by atoms with Crippen LogP contribution in [0, 0.1) is 5.92 Å². The van der Waals surface area contributed by atoms with Crippen LogP contribution in [0.3, 0.4) is 0 Å². The highest BCUT2D eigenvalue weighted by atomic mass is 32.2. The van der Waals surface area contributed by atoms with Gasteiger partial charge in [0.15, 0.2) is 15.0 Å². The molecular weight excluding hydrogens is 382 g/mol. The van der Waals surface area contributed by atoms with Crippen molar-refractivity contribution >= 4 is 36.5 Å². The highest BCUT2D eigenvalue weighted by Gasteiger charge is 2.24. The molecule has 0 saturated carbocycles. The number of ether oxygens (including phenoxy) is 1. The second kappa shape index (κ2) is 7.44. The number of benzene rings is 1. The monoisotopic (exact) mass is 403 g/mol. The molecule has 2 aromatic heterocycles. The van der Waals surface area contributed by atoms with Gasteiger partial charge in [-0.1, -0.05) is 23.5 Å². The molecule has 3 aromatic rings. The summed E-state index contributed by atoms with van der Waals surface area (Å²) in [5.41, 5.74) is 0.576. The smallest absolute Gasteiger partial charge is 0.213 e. The third kappa shape index (κ3) is 4.06. The van der Waals surface area contributed by atoms with Crippen molar-refractivity contribution in [2.45, 2.75) is 17.7 Å². The van der Waals surface area contributed by atoms with Crippen LogP contribution in [0.25, 0.3) is 10.2 Å². The number of nitrogens with zero attached hydrogens (tertiary/aromatic N) is 3. The summed E-state index contributed by atoms with van der Waals surface area (Å²) in [5, 5.41) is 0.878. The average Bonchev–Trinajstić information content (AvgIpc) is 3.11. The van der Waals surface area contributed by atoms with Gasteiger partial charge in [-0.2, -0.15) is 0 Å². The van der Waals surface area contributed by atoms with Crippen molar-refractivity contribution in [3.63, 3.8) is 0 Å². The van der Waals surface area contributed by atoms with Gasteiger partial charge >= 0.3 is 0 Å². The SMILES string of the molecule is CS(=O)(=O)c1cccc2sc(N3CCCC(COc4ccccn4)C3)nc12. The molecule has 0 spiro atoms. The summed E-state index contributed by atoms with van der Waals surface area (Å²) in [6.45, 7) is 2.39. The predicted molar refractivity (Wildman–Crippen MR) is 107 cm³/mol. The van der Waals surface area contributed by atoms with Crippen molar-refractivity contribution in [2.24, 2.45) is 5.92 Å². The summed E-state index contributed by atoms with van der Waals surface area (Å²) in [6.07, 6.45) is 5.11. The Morgan fingerprint density at radius 1 is 1.26 bits per heavy atom. The summed E-state index contributed by atoms with van der Waals surface area (Å²) in [6, 6.07) is 11.0. The van der Waals surface area contributed by atoms with E-state index in [0.717, 1.165) is 35.8 Å². The van der Waals surface area contributed by atoms with E-state index in [9.17, 15) is 8.42 Å². The molecule has 0 amide bonds. The van der Waals surface area contributed by atoms with E-state index >= 15 is 0 Å². The summed E-state index contributed by atoms with van der Waals surface area (Å²) in [4.78, 5) is 11.4. The molecule has 0 N–H and O–H groups in total. The molecule has 8 heteroatoms. The number of rotatable bonds is 5. The molecule has 1 aliphatic heterocycles. The zero-order valence-electron chi connectivity index (χ0n) is 15.0. The Morgan fingerprint density at radius 2 is 2.15 bits per heavy atom. The van der Waals surface area contributed by atoms with Gasteiger partial charge in [0.25, 0.3) is 0 Å². The standard InChI is InChI=1S/C19H21N3O3S2/c1-27(23,24)16-8-4-7-15-18(16)21-19(26-15)22-11-5-6-14(12-22)13-25-17-9-2-3-10-20-17/h2-4,7-10,14H,5-6,11-13H2,1H3. The van der Waals surface area contributed by atoms with Crippen LogP contribution in [0.5, 0.6) is 5.88 Å². The maximum absolute atomic E-state index is 12.0. The Hall–Kier alpha value is -2.19. The van der Waals surface area contributed by atoms with Crippen LogP contribution < -0.4 is 9.64 Å². The minimum atomic E-state index is -3.30. The third-order valence-corrected chi connectivity index (χ3v) is 6.87. The van der Waals surface area contributed by atoms with Gasteiger partial charge in [0.2, 0.25) is 5.88 Å². The average molecular weight is 404 g/mol. The lowest BCUT2D eigenvalue weighted by Crippen LogP contribution is -2.37. The number of anilines is 1. The number of aromatic nitrogens is 2. The van der Waals surface area contributed by atoms with E-state index in [0.29, 0.717) is 28.8 Å². The second-order valence-corrected chi connectivity index (χ2v) is 9.80. The molecule has 6 nitrogen and oxygen atoms in total. The van der Waals surface area contributed by atoms with E-state index < -0.39 is 9.84 Å². The molecule has 4 rings (SSSR count). The summed E-state index contributed by atoms with van der Waals surface area (Å²) >= 11 is 1.55. The van der Waals surface area contributed by atoms with Gasteiger partial charge in [-0.25, -0.2) is 18.4 Å². The first-order chi connectivity index (χ1) is 13.0. The summed E-state index contributed by atoms with van der Waals surface area (Å²) < 4.78 is 30.8. The summed E-state index contributed by atoms with van der Waals surface area (Å²) in [7, 11) is -3.30. The van der Waals surface area contributed by atoms with E-state index in [-0.39, 0.29) is 0 Å². The number of thiazole rings is 1. The number of fused-ring (bicyclic) bond motifs is 1. The number of piperidine rings is 1. The topological polar surface area (TPSA) is 72.4 Å². The van der Waals surface area contributed by atoms with Crippen LogP contribution in [0.1, 0.15) is 12.8 Å². The zero-order valence-corrected chi connectivity index (χ0v) is 16.7. The summed E-state index contributed by atoms with van der Waals surface area (Å²) in [5.74, 6) is 1.04. The number of hydrogen-bond acceptors (Lipinski definition) is 7. The lowest BCUT2D eigenvalue weighted by atomic mass is 9.99. The van der Waals surface area contributed by atoms with Crippen molar-refractivity contribution < 1.29 is 13.2 Å². The molecule has 1 atom stereocenters. The van der Waals surface area contributed by atoms with E-state index in [4.69, 9.17) is 4.74 Å². The third-order valence-electron chi connectivity index (χ3n) is 4.66. The van der Waals surface area contributed by atoms with Gasteiger partial charge in [-0.15, -0.1) is 0 Å². The molecule has 27 heavy (non-hydrogen) atoms. The molecule has 1 unspecified atom stereocenters. The van der Waals surface area contributed by atoms with Crippen molar-refractivity contribution in [2.75, 3.05) is 30.9 Å². The first-order valence-corrected chi connectivity index (χ1v) is 11.6. The molecule has 3 heterocycles. The van der Waals surface area contributed by atoms with Gasteiger partial charge in [-0.3, -0.25) is 0 Å². The van der Waals surface area contributed by atoms with Gasteiger partial charge in [-0.05, 0) is 31.0 Å². The molecule has 0 aliphatic carbocycles. The zero-order chi connectivity index (χ0) is 18.9. The Labute approximate surface area is 162 Å². The van der Waals surface area contributed by atoms with Gasteiger partial charge < -0.3 is 9.64 Å². The first-order valence-electron chi connectivity index (χ1n) is 8.89. The Kier molecular flexibility index (Phi) is 5.01. The maximum atomic E-state index is 12.0. The molecule has 1 saturated heterocycles. The number of pyridine rings is 1. The van der Waals surface area contributed by atoms with E-state index in [1.165, 1.54) is 6.26 Å². The maximum Gasteiger partial charge on any atom is 0.213 e. The van der Waals surface area contributed by atoms with Crippen molar-refractivity contribution in [3.8, 4) is 5.88 Å². The molecule has 0 radical (unpaired) electrons. The van der Waals surface area contributed by atoms with Crippen LogP contribution in [0.15, 0.2) is 47.5 Å². The number of para-hydroxylation sites is 1. The first kappa shape index (κ1) is 18.2. The fourth-order valence-corrected chi connectivity index (χ4v) is 5.28. The molecule has 0 bridgehead atoms. The highest BCUT2D eigenvalue weighted by Crippen LogP contribution is 2.34. The van der Waals surface area contributed by atoms with Crippen LogP contribution in [-0.2, 0) is 9.84 Å². The molecule has 1 aliphatic rings. The lowest BCUT2D eigenvalue weighted by molar-refractivity contribution is 0.222. The van der Waals surface area contributed by atoms with E-state index in [1.807, 2.05) is 24.3 Å². The van der Waals surface area contributed by atoms with Crippen LogP contribution in [-0.4, -0.2) is 44.3 Å². The van der Waals surface area contributed by atoms with Crippen molar-refractivity contribution in [3.05, 3.63) is 42.6 Å². The van der Waals surface area contributed by atoms with Crippen LogP contribution in [0.4, 0.5) is 5.13 Å². The van der Waals surface area contributed by atoms with Crippen LogP contribution >= 0.6 is 11.3 Å². The van der Waals surface area contributed by atoms with Crippen LogP contribution in [0.2, 0.25) is 0 Å². The van der Waals surface area contributed by atoms with E-state index in [1.54, 1.807) is 29.7 Å². The second-order valence-electron chi connectivity index (χ2n) is 6.80. The minimum Gasteiger partial charge on any atom is -0.477 e. The van der Waals surface area contributed by atoms with Crippen molar-refractivity contribution in [1.82, 2.24) is 9.97 Å². The quantitative estimate of drug-likeness (QED) is 0.650. The molecular formula is C19H21N3O3S2. The molecule has 1 aromatic carbocycles. The normalized spacial score (nSPS) is 18.0. The van der Waals surface area contributed by atoms with Gasteiger partial charge in [0.1, 0.15) is 5.52 Å². The largest absolute Gasteiger partial charge is 0.477 e. The lowest BCUT2D eigenvalue weighted by Gasteiger charge is -2.32. The van der Waals surface area contributed by atoms with Gasteiger partial charge in [0, 0.05) is 37.5 Å².